The van der Waals surface area contributed by atoms with Gasteiger partial charge in [0.05, 0.1) is 13.1 Å². The Balaban J connectivity index is 2.62. The van der Waals surface area contributed by atoms with E-state index in [-0.39, 0.29) is 38.1 Å². The largest absolute Gasteiger partial charge is 0.459 e. The first kappa shape index (κ1) is 22.8. The lowest BCUT2D eigenvalue weighted by Gasteiger charge is -2.27. The van der Waals surface area contributed by atoms with Crippen molar-refractivity contribution >= 4 is 11.9 Å². The summed E-state index contributed by atoms with van der Waals surface area (Å²) in [6, 6.07) is 0. The Labute approximate surface area is 156 Å². The molecule has 1 aliphatic rings. The van der Waals surface area contributed by atoms with Crippen molar-refractivity contribution in [1.29, 1.82) is 0 Å². The van der Waals surface area contributed by atoms with Crippen LogP contribution >= 0.6 is 0 Å². The number of ether oxygens (including phenoxy) is 2. The number of hydrogen-bond donors (Lipinski definition) is 0. The first-order valence-electron chi connectivity index (χ1n) is 9.13. The Morgan fingerprint density at radius 1 is 0.731 bits per heavy atom. The second-order valence-corrected chi connectivity index (χ2v) is 8.64. The second kappa shape index (κ2) is 9.62. The highest BCUT2D eigenvalue weighted by Gasteiger charge is 2.24. The molecule has 26 heavy (non-hydrogen) atoms. The Hall–Kier alpha value is -1.25. The molecule has 0 aliphatic carbocycles. The number of hydrogen-bond acceptors (Lipinski definition) is 7. The average molecular weight is 375 g/mol. The van der Waals surface area contributed by atoms with Gasteiger partial charge in [-0.2, -0.15) is 0 Å². The molecule has 0 radical (unpaired) electrons. The van der Waals surface area contributed by atoms with Crippen molar-refractivity contribution in [3.63, 3.8) is 0 Å². The van der Waals surface area contributed by atoms with E-state index in [0.717, 1.165) is 5.12 Å². The third-order valence-electron chi connectivity index (χ3n) is 3.60. The molecule has 0 aromatic carbocycles. The molecule has 0 aromatic heterocycles. The maximum Gasteiger partial charge on any atom is 0.320 e. The zero-order valence-corrected chi connectivity index (χ0v) is 17.0. The molecule has 0 amide bonds. The van der Waals surface area contributed by atoms with Crippen LogP contribution in [0.25, 0.3) is 0 Å². The monoisotopic (exact) mass is 375 g/mol. The Bertz CT molecular complexity index is 432. The minimum absolute atomic E-state index is 0.103. The van der Waals surface area contributed by atoms with Gasteiger partial charge >= 0.3 is 11.9 Å². The molecule has 1 rings (SSSR count). The van der Waals surface area contributed by atoms with Crippen molar-refractivity contribution in [3.05, 3.63) is 0 Å². The molecule has 0 N–H and O–H groups in total. The number of esters is 2. The van der Waals surface area contributed by atoms with Gasteiger partial charge in [-0.25, -0.2) is 0 Å². The van der Waals surface area contributed by atoms with E-state index in [1.54, 1.807) is 0 Å². The van der Waals surface area contributed by atoms with Gasteiger partial charge in [0.1, 0.15) is 11.2 Å². The lowest BCUT2D eigenvalue weighted by Crippen LogP contribution is -2.42. The van der Waals surface area contributed by atoms with Crippen molar-refractivity contribution in [1.82, 2.24) is 14.9 Å². The summed E-state index contributed by atoms with van der Waals surface area (Å²) in [5.74, 6) is -0.665. The van der Waals surface area contributed by atoms with Crippen LogP contribution in [0.1, 0.15) is 41.5 Å². The molecule has 1 heterocycles. The maximum absolute atomic E-state index is 13.9. The van der Waals surface area contributed by atoms with Crippen molar-refractivity contribution < 1.29 is 23.5 Å². The maximum atomic E-state index is 13.9. The Morgan fingerprint density at radius 3 is 1.35 bits per heavy atom. The molecule has 7 nitrogen and oxygen atoms in total. The zero-order valence-electron chi connectivity index (χ0n) is 17.0. The topological polar surface area (TPSA) is 62.3 Å². The third kappa shape index (κ3) is 10.7. The van der Waals surface area contributed by atoms with Crippen LogP contribution in [0.3, 0.4) is 0 Å². The number of halogens is 1. The molecule has 0 unspecified atom stereocenters. The SMILES string of the molecule is CC(C)(C)OC(=O)CN1CCN(F)CCN(CC(=O)OC(C)(C)C)CC1. The van der Waals surface area contributed by atoms with E-state index in [0.29, 0.717) is 26.2 Å². The number of carbonyl (C=O) groups is 2. The minimum atomic E-state index is -0.550. The molecule has 0 spiro atoms. The van der Waals surface area contributed by atoms with Gasteiger partial charge in [-0.3, -0.25) is 19.4 Å². The molecule has 0 bridgehead atoms. The second-order valence-electron chi connectivity index (χ2n) is 8.64. The lowest BCUT2D eigenvalue weighted by atomic mass is 10.2. The van der Waals surface area contributed by atoms with Gasteiger partial charge in [0.2, 0.25) is 0 Å². The summed E-state index contributed by atoms with van der Waals surface area (Å²) in [7, 11) is 0. The molecule has 152 valence electrons. The molecule has 0 atom stereocenters. The molecule has 8 heteroatoms. The standard InChI is InChI=1S/C18H34FN3O4/c1-17(2,3)25-15(23)13-20-7-8-21(10-12-22(19)11-9-20)14-16(24)26-18(4,5)6/h7-14H2,1-6H3. The predicted molar refractivity (Wildman–Crippen MR) is 97.3 cm³/mol. The van der Waals surface area contributed by atoms with E-state index in [2.05, 4.69) is 0 Å². The lowest BCUT2D eigenvalue weighted by molar-refractivity contribution is -0.158. The number of nitrogens with zero attached hydrogens (tertiary/aromatic N) is 3. The highest BCUT2D eigenvalue weighted by Crippen LogP contribution is 2.10. The van der Waals surface area contributed by atoms with Crippen molar-refractivity contribution in [2.75, 3.05) is 52.4 Å². The molecule has 1 fully saturated rings. The van der Waals surface area contributed by atoms with Gasteiger partial charge in [0, 0.05) is 39.3 Å². The van der Waals surface area contributed by atoms with Crippen LogP contribution in [0.4, 0.5) is 4.48 Å². The quantitative estimate of drug-likeness (QED) is 0.545. The molecule has 1 saturated heterocycles. The van der Waals surface area contributed by atoms with Crippen LogP contribution in [0.15, 0.2) is 0 Å². The van der Waals surface area contributed by atoms with Crippen LogP contribution < -0.4 is 0 Å². The molecule has 0 saturated carbocycles. The fraction of sp³-hybridized carbons (Fsp3) is 0.889. The van der Waals surface area contributed by atoms with Gasteiger partial charge in [-0.15, -0.1) is 9.60 Å². The molecular weight excluding hydrogens is 341 g/mol. The summed E-state index contributed by atoms with van der Waals surface area (Å²) in [5.41, 5.74) is -1.10. The van der Waals surface area contributed by atoms with E-state index in [4.69, 9.17) is 9.47 Å². The van der Waals surface area contributed by atoms with Gasteiger partial charge in [-0.05, 0) is 41.5 Å². The fourth-order valence-corrected chi connectivity index (χ4v) is 2.55. The van der Waals surface area contributed by atoms with E-state index < -0.39 is 11.2 Å². The molecule has 1 aliphatic heterocycles. The average Bonchev–Trinajstić information content (AvgIpc) is 2.49. The minimum Gasteiger partial charge on any atom is -0.459 e. The van der Waals surface area contributed by atoms with E-state index in [1.165, 1.54) is 0 Å². The van der Waals surface area contributed by atoms with Gasteiger partial charge in [-0.1, -0.05) is 0 Å². The normalized spacial score (nSPS) is 19.3. The van der Waals surface area contributed by atoms with Crippen molar-refractivity contribution in [2.45, 2.75) is 52.7 Å². The Morgan fingerprint density at radius 2 is 1.04 bits per heavy atom. The van der Waals surface area contributed by atoms with Crippen molar-refractivity contribution in [3.8, 4) is 0 Å². The summed E-state index contributed by atoms with van der Waals surface area (Å²) >= 11 is 0. The van der Waals surface area contributed by atoms with E-state index >= 15 is 0 Å². The Kier molecular flexibility index (Phi) is 8.43. The predicted octanol–water partition coefficient (Wildman–Crippen LogP) is 1.47. The summed E-state index contributed by atoms with van der Waals surface area (Å²) < 4.78 is 24.6. The van der Waals surface area contributed by atoms with E-state index in [1.807, 2.05) is 51.3 Å². The smallest absolute Gasteiger partial charge is 0.320 e. The third-order valence-corrected chi connectivity index (χ3v) is 3.60. The van der Waals surface area contributed by atoms with Crippen LogP contribution in [-0.2, 0) is 19.1 Å². The number of carbonyl (C=O) groups excluding carboxylic acids is 2. The van der Waals surface area contributed by atoms with E-state index in [9.17, 15) is 14.1 Å². The highest BCUT2D eigenvalue weighted by atomic mass is 19.2. The first-order chi connectivity index (χ1) is 11.8. The summed E-state index contributed by atoms with van der Waals surface area (Å²) in [6.45, 7) is 13.5. The number of rotatable bonds is 4. The summed E-state index contributed by atoms with van der Waals surface area (Å²) in [5, 5.41) is 0.718. The zero-order chi connectivity index (χ0) is 20.0. The highest BCUT2D eigenvalue weighted by molar-refractivity contribution is 5.72. The van der Waals surface area contributed by atoms with Gasteiger partial charge in [0.15, 0.2) is 0 Å². The molecule has 0 aromatic rings. The molecular formula is C18H34FN3O4. The fourth-order valence-electron chi connectivity index (χ4n) is 2.55. The summed E-state index contributed by atoms with van der Waals surface area (Å²) in [6.07, 6.45) is 0. The van der Waals surface area contributed by atoms with Crippen molar-refractivity contribution in [2.24, 2.45) is 0 Å². The first-order valence-corrected chi connectivity index (χ1v) is 9.13. The van der Waals surface area contributed by atoms with Gasteiger partial charge < -0.3 is 9.47 Å². The van der Waals surface area contributed by atoms with Gasteiger partial charge in [0.25, 0.3) is 0 Å². The van der Waals surface area contributed by atoms with Crippen LogP contribution in [0.5, 0.6) is 0 Å². The van der Waals surface area contributed by atoms with Crippen LogP contribution in [0.2, 0.25) is 0 Å². The van der Waals surface area contributed by atoms with Crippen LogP contribution in [0, 0.1) is 0 Å². The van der Waals surface area contributed by atoms with Crippen LogP contribution in [-0.4, -0.2) is 90.4 Å². The summed E-state index contributed by atoms with van der Waals surface area (Å²) in [4.78, 5) is 27.8.